The molecule has 0 saturated heterocycles. The fourth-order valence-corrected chi connectivity index (χ4v) is 0.974. The lowest BCUT2D eigenvalue weighted by atomic mass is 10.5. The zero-order valence-electron chi connectivity index (χ0n) is 8.11. The summed E-state index contributed by atoms with van der Waals surface area (Å²) in [5.41, 5.74) is 5.99. The number of amides is 1. The summed E-state index contributed by atoms with van der Waals surface area (Å²) in [4.78, 5) is 11.3. The summed E-state index contributed by atoms with van der Waals surface area (Å²) in [7, 11) is 0. The van der Waals surface area contributed by atoms with Crippen molar-refractivity contribution in [1.82, 2.24) is 20.3 Å². The van der Waals surface area contributed by atoms with Gasteiger partial charge >= 0.3 is 0 Å². The quantitative estimate of drug-likeness (QED) is 0.720. The first-order valence-corrected chi connectivity index (χ1v) is 4.68. The molecular weight excluding hydrogens is 218 g/mol. The average Bonchev–Trinajstić information content (AvgIpc) is 2.62. The summed E-state index contributed by atoms with van der Waals surface area (Å²) in [5, 5.41) is 10.4. The molecule has 1 amide bonds. The number of carbonyl (C=O) groups is 1. The van der Waals surface area contributed by atoms with E-state index in [-0.39, 0.29) is 19.0 Å². The van der Waals surface area contributed by atoms with Crippen LogP contribution in [0.2, 0.25) is 0 Å². The van der Waals surface area contributed by atoms with E-state index in [1.54, 1.807) is 6.20 Å². The molecule has 1 heterocycles. The SMILES string of the molecule is C=C(Cl)CNC(=O)Cn1cc(CN)nn1. The highest BCUT2D eigenvalue weighted by Crippen LogP contribution is 1.93. The number of nitrogens with one attached hydrogen (secondary N) is 1. The fraction of sp³-hybridized carbons (Fsp3) is 0.375. The lowest BCUT2D eigenvalue weighted by molar-refractivity contribution is -0.121. The van der Waals surface area contributed by atoms with Crippen molar-refractivity contribution < 1.29 is 4.79 Å². The van der Waals surface area contributed by atoms with Crippen molar-refractivity contribution in [1.29, 1.82) is 0 Å². The van der Waals surface area contributed by atoms with E-state index in [1.807, 2.05) is 0 Å². The van der Waals surface area contributed by atoms with Crippen LogP contribution in [0.1, 0.15) is 5.69 Å². The molecule has 0 fully saturated rings. The maximum absolute atomic E-state index is 11.3. The highest BCUT2D eigenvalue weighted by Gasteiger charge is 2.04. The van der Waals surface area contributed by atoms with E-state index in [2.05, 4.69) is 22.2 Å². The molecule has 0 saturated carbocycles. The van der Waals surface area contributed by atoms with Gasteiger partial charge in [0.25, 0.3) is 0 Å². The zero-order chi connectivity index (χ0) is 11.3. The molecule has 0 aliphatic rings. The summed E-state index contributed by atoms with van der Waals surface area (Å²) in [6.07, 6.45) is 1.62. The fourth-order valence-electron chi connectivity index (χ4n) is 0.907. The Morgan fingerprint density at radius 1 is 1.73 bits per heavy atom. The number of rotatable bonds is 5. The first-order chi connectivity index (χ1) is 7.11. The Morgan fingerprint density at radius 3 is 3.00 bits per heavy atom. The van der Waals surface area contributed by atoms with Crippen LogP contribution >= 0.6 is 11.6 Å². The molecular formula is C8H12ClN5O. The third kappa shape index (κ3) is 4.09. The van der Waals surface area contributed by atoms with E-state index < -0.39 is 0 Å². The molecule has 0 aromatic carbocycles. The number of nitrogens with two attached hydrogens (primary N) is 1. The van der Waals surface area contributed by atoms with E-state index in [1.165, 1.54) is 4.68 Å². The van der Waals surface area contributed by atoms with Gasteiger partial charge in [0.2, 0.25) is 5.91 Å². The Hall–Kier alpha value is -1.40. The maximum atomic E-state index is 11.3. The third-order valence-corrected chi connectivity index (χ3v) is 1.71. The van der Waals surface area contributed by atoms with E-state index in [4.69, 9.17) is 17.3 Å². The first kappa shape index (κ1) is 11.7. The van der Waals surface area contributed by atoms with Gasteiger partial charge in [0.05, 0.1) is 18.4 Å². The van der Waals surface area contributed by atoms with E-state index in [0.717, 1.165) is 0 Å². The van der Waals surface area contributed by atoms with Crippen molar-refractivity contribution in [3.8, 4) is 0 Å². The first-order valence-electron chi connectivity index (χ1n) is 4.31. The predicted molar refractivity (Wildman–Crippen MR) is 55.9 cm³/mol. The third-order valence-electron chi connectivity index (χ3n) is 1.58. The second-order valence-corrected chi connectivity index (χ2v) is 3.44. The minimum Gasteiger partial charge on any atom is -0.350 e. The van der Waals surface area contributed by atoms with Crippen molar-refractivity contribution in [2.45, 2.75) is 13.1 Å². The number of halogens is 1. The average molecular weight is 230 g/mol. The van der Waals surface area contributed by atoms with Crippen LogP contribution in [0.4, 0.5) is 0 Å². The van der Waals surface area contributed by atoms with E-state index in [9.17, 15) is 4.79 Å². The Kier molecular flexibility index (Phi) is 4.26. The molecule has 0 atom stereocenters. The molecule has 0 aliphatic heterocycles. The summed E-state index contributed by atoms with van der Waals surface area (Å²) >= 11 is 5.49. The lowest BCUT2D eigenvalue weighted by Crippen LogP contribution is -2.28. The molecule has 1 rings (SSSR count). The van der Waals surface area contributed by atoms with Crippen LogP contribution in [0.15, 0.2) is 17.8 Å². The Balaban J connectivity index is 2.40. The predicted octanol–water partition coefficient (Wildman–Crippen LogP) is -0.394. The summed E-state index contributed by atoms with van der Waals surface area (Å²) in [6.45, 7) is 4.10. The molecule has 15 heavy (non-hydrogen) atoms. The van der Waals surface area contributed by atoms with Crippen LogP contribution < -0.4 is 11.1 Å². The van der Waals surface area contributed by atoms with Crippen molar-refractivity contribution in [3.05, 3.63) is 23.5 Å². The molecule has 6 nitrogen and oxygen atoms in total. The lowest BCUT2D eigenvalue weighted by Gasteiger charge is -2.02. The van der Waals surface area contributed by atoms with Crippen LogP contribution in [-0.4, -0.2) is 27.4 Å². The van der Waals surface area contributed by atoms with Gasteiger partial charge in [-0.3, -0.25) is 4.79 Å². The van der Waals surface area contributed by atoms with Gasteiger partial charge in [-0.1, -0.05) is 23.4 Å². The molecule has 82 valence electrons. The molecule has 0 aliphatic carbocycles. The van der Waals surface area contributed by atoms with Gasteiger partial charge in [-0.05, 0) is 0 Å². The summed E-state index contributed by atoms with van der Waals surface area (Å²) in [5.74, 6) is -0.203. The number of hydrogen-bond acceptors (Lipinski definition) is 4. The topological polar surface area (TPSA) is 85.8 Å². The zero-order valence-corrected chi connectivity index (χ0v) is 8.87. The van der Waals surface area contributed by atoms with E-state index >= 15 is 0 Å². The Labute approximate surface area is 92.1 Å². The highest BCUT2D eigenvalue weighted by molar-refractivity contribution is 6.29. The van der Waals surface area contributed by atoms with Gasteiger partial charge in [0.1, 0.15) is 6.54 Å². The molecule has 1 aromatic heterocycles. The largest absolute Gasteiger partial charge is 0.350 e. The number of aromatic nitrogens is 3. The van der Waals surface area contributed by atoms with Crippen molar-refractivity contribution in [3.63, 3.8) is 0 Å². The standard InChI is InChI=1S/C8H12ClN5O/c1-6(9)3-11-8(15)5-14-4-7(2-10)12-13-14/h4H,1-3,5,10H2,(H,11,15). The van der Waals surface area contributed by atoms with E-state index in [0.29, 0.717) is 17.3 Å². The van der Waals surface area contributed by atoms with Gasteiger partial charge in [-0.15, -0.1) is 5.10 Å². The number of nitrogens with zero attached hydrogens (tertiary/aromatic N) is 3. The molecule has 7 heteroatoms. The minimum absolute atomic E-state index is 0.0944. The number of hydrogen-bond donors (Lipinski definition) is 2. The molecule has 1 aromatic rings. The molecule has 0 radical (unpaired) electrons. The minimum atomic E-state index is -0.203. The van der Waals surface area contributed by atoms with Gasteiger partial charge in [-0.2, -0.15) is 0 Å². The van der Waals surface area contributed by atoms with Crippen molar-refractivity contribution in [2.75, 3.05) is 6.54 Å². The van der Waals surface area contributed by atoms with Crippen LogP contribution in [0.25, 0.3) is 0 Å². The highest BCUT2D eigenvalue weighted by atomic mass is 35.5. The van der Waals surface area contributed by atoms with Crippen molar-refractivity contribution >= 4 is 17.5 Å². The van der Waals surface area contributed by atoms with Gasteiger partial charge in [0.15, 0.2) is 0 Å². The normalized spacial score (nSPS) is 10.0. The van der Waals surface area contributed by atoms with Gasteiger partial charge < -0.3 is 11.1 Å². The van der Waals surface area contributed by atoms with Crippen LogP contribution in [0.5, 0.6) is 0 Å². The second-order valence-electron chi connectivity index (χ2n) is 2.91. The summed E-state index contributed by atoms with van der Waals surface area (Å²) < 4.78 is 1.41. The Bertz CT molecular complexity index is 362. The molecule has 0 unspecified atom stereocenters. The van der Waals surface area contributed by atoms with Crippen LogP contribution in [0, 0.1) is 0 Å². The van der Waals surface area contributed by atoms with Gasteiger partial charge in [0, 0.05) is 11.6 Å². The molecule has 3 N–H and O–H groups in total. The van der Waals surface area contributed by atoms with Crippen molar-refractivity contribution in [2.24, 2.45) is 5.73 Å². The summed E-state index contributed by atoms with van der Waals surface area (Å²) in [6, 6.07) is 0. The monoisotopic (exact) mass is 229 g/mol. The second kappa shape index (κ2) is 5.47. The molecule has 0 spiro atoms. The van der Waals surface area contributed by atoms with Crippen LogP contribution in [-0.2, 0) is 17.9 Å². The molecule has 0 bridgehead atoms. The Morgan fingerprint density at radius 2 is 2.47 bits per heavy atom. The smallest absolute Gasteiger partial charge is 0.242 e. The van der Waals surface area contributed by atoms with Crippen LogP contribution in [0.3, 0.4) is 0 Å². The van der Waals surface area contributed by atoms with Gasteiger partial charge in [-0.25, -0.2) is 4.68 Å². The maximum Gasteiger partial charge on any atom is 0.242 e. The number of carbonyl (C=O) groups excluding carboxylic acids is 1.